The molecule has 88 valence electrons. The maximum absolute atomic E-state index is 6.07. The highest BCUT2D eigenvalue weighted by atomic mass is 15.1. The van der Waals surface area contributed by atoms with E-state index in [-0.39, 0.29) is 0 Å². The number of nitrogens with two attached hydrogens (primary N) is 1. The molecule has 1 aliphatic carbocycles. The zero-order chi connectivity index (χ0) is 11.3. The SMILES string of the molecule is CC1Cc2nc3n(c2C(C)C1)CC(N)CC3. The van der Waals surface area contributed by atoms with Crippen LogP contribution in [0.5, 0.6) is 0 Å². The number of aryl methyl sites for hydroxylation is 1. The third kappa shape index (κ3) is 1.49. The molecule has 1 aromatic heterocycles. The highest BCUT2D eigenvalue weighted by Gasteiger charge is 2.30. The van der Waals surface area contributed by atoms with Gasteiger partial charge in [0.15, 0.2) is 0 Å². The van der Waals surface area contributed by atoms with Crippen LogP contribution < -0.4 is 5.73 Å². The van der Waals surface area contributed by atoms with E-state index in [1.54, 1.807) is 0 Å². The van der Waals surface area contributed by atoms with Crippen molar-refractivity contribution in [3.8, 4) is 0 Å². The predicted octanol–water partition coefficient (Wildman–Crippen LogP) is 1.84. The van der Waals surface area contributed by atoms with E-state index in [0.717, 1.165) is 31.7 Å². The Labute approximate surface area is 97.0 Å². The fraction of sp³-hybridized carbons (Fsp3) is 0.769. The average molecular weight is 219 g/mol. The summed E-state index contributed by atoms with van der Waals surface area (Å²) in [5.74, 6) is 2.73. The lowest BCUT2D eigenvalue weighted by molar-refractivity contribution is 0.400. The van der Waals surface area contributed by atoms with Gasteiger partial charge in [0.25, 0.3) is 0 Å². The fourth-order valence-corrected chi connectivity index (χ4v) is 3.43. The second kappa shape index (κ2) is 3.59. The number of hydrogen-bond acceptors (Lipinski definition) is 2. The summed E-state index contributed by atoms with van der Waals surface area (Å²) < 4.78 is 2.42. The molecule has 1 aliphatic heterocycles. The van der Waals surface area contributed by atoms with Crippen molar-refractivity contribution in [2.45, 2.75) is 58.0 Å². The fourth-order valence-electron chi connectivity index (χ4n) is 3.43. The number of rotatable bonds is 0. The normalized spacial score (nSPS) is 33.3. The van der Waals surface area contributed by atoms with Crippen molar-refractivity contribution in [1.82, 2.24) is 9.55 Å². The number of nitrogens with zero attached hydrogens (tertiary/aromatic N) is 2. The van der Waals surface area contributed by atoms with Crippen molar-refractivity contribution >= 4 is 0 Å². The first kappa shape index (κ1) is 10.3. The summed E-state index contributed by atoms with van der Waals surface area (Å²) >= 11 is 0. The summed E-state index contributed by atoms with van der Waals surface area (Å²) in [4.78, 5) is 4.83. The lowest BCUT2D eigenvalue weighted by Crippen LogP contribution is -2.33. The summed E-state index contributed by atoms with van der Waals surface area (Å²) in [5, 5.41) is 0. The smallest absolute Gasteiger partial charge is 0.109 e. The molecule has 2 aliphatic rings. The Kier molecular flexibility index (Phi) is 2.32. The Hall–Kier alpha value is -0.830. The van der Waals surface area contributed by atoms with E-state index in [0.29, 0.717) is 12.0 Å². The standard InChI is InChI=1S/C13H21N3/c1-8-5-9(2)13-11(6-8)15-12-4-3-10(14)7-16(12)13/h8-10H,3-7,14H2,1-2H3. The van der Waals surface area contributed by atoms with Crippen molar-refractivity contribution in [3.05, 3.63) is 17.2 Å². The van der Waals surface area contributed by atoms with Gasteiger partial charge < -0.3 is 10.3 Å². The number of aromatic nitrogens is 2. The van der Waals surface area contributed by atoms with Crippen LogP contribution >= 0.6 is 0 Å². The van der Waals surface area contributed by atoms with Gasteiger partial charge in [-0.1, -0.05) is 13.8 Å². The molecule has 3 atom stereocenters. The summed E-state index contributed by atoms with van der Waals surface area (Å²) in [6, 6.07) is 0.331. The third-order valence-corrected chi connectivity index (χ3v) is 4.08. The topological polar surface area (TPSA) is 43.8 Å². The molecule has 16 heavy (non-hydrogen) atoms. The first-order valence-electron chi connectivity index (χ1n) is 6.49. The molecular weight excluding hydrogens is 198 g/mol. The molecule has 3 nitrogen and oxygen atoms in total. The van der Waals surface area contributed by atoms with Crippen LogP contribution in [0.15, 0.2) is 0 Å². The van der Waals surface area contributed by atoms with Crippen LogP contribution in [-0.4, -0.2) is 15.6 Å². The molecule has 2 N–H and O–H groups in total. The molecular formula is C13H21N3. The van der Waals surface area contributed by atoms with Gasteiger partial charge in [0.1, 0.15) is 5.82 Å². The zero-order valence-corrected chi connectivity index (χ0v) is 10.2. The van der Waals surface area contributed by atoms with E-state index in [1.165, 1.54) is 23.6 Å². The predicted molar refractivity (Wildman–Crippen MR) is 64.4 cm³/mol. The number of hydrogen-bond donors (Lipinski definition) is 1. The Morgan fingerprint density at radius 3 is 3.00 bits per heavy atom. The van der Waals surface area contributed by atoms with Gasteiger partial charge in [-0.3, -0.25) is 0 Å². The van der Waals surface area contributed by atoms with Gasteiger partial charge in [-0.25, -0.2) is 4.98 Å². The molecule has 0 saturated carbocycles. The van der Waals surface area contributed by atoms with Gasteiger partial charge in [0, 0.05) is 24.7 Å². The minimum atomic E-state index is 0.331. The molecule has 0 amide bonds. The van der Waals surface area contributed by atoms with Crippen LogP contribution in [0.25, 0.3) is 0 Å². The molecule has 1 aromatic rings. The Balaban J connectivity index is 2.06. The van der Waals surface area contributed by atoms with E-state index in [2.05, 4.69) is 18.4 Å². The quantitative estimate of drug-likeness (QED) is 0.723. The van der Waals surface area contributed by atoms with Crippen LogP contribution in [0, 0.1) is 5.92 Å². The number of fused-ring (bicyclic) bond motifs is 3. The van der Waals surface area contributed by atoms with Crippen molar-refractivity contribution in [2.24, 2.45) is 11.7 Å². The Bertz CT molecular complexity index is 408. The minimum Gasteiger partial charge on any atom is -0.330 e. The van der Waals surface area contributed by atoms with Crippen LogP contribution in [0.3, 0.4) is 0 Å². The van der Waals surface area contributed by atoms with Crippen LogP contribution in [0.1, 0.15) is 49.8 Å². The molecule has 0 saturated heterocycles. The molecule has 0 spiro atoms. The van der Waals surface area contributed by atoms with Gasteiger partial charge in [-0.15, -0.1) is 0 Å². The molecule has 0 fully saturated rings. The van der Waals surface area contributed by atoms with E-state index in [4.69, 9.17) is 10.7 Å². The lowest BCUT2D eigenvalue weighted by Gasteiger charge is -2.28. The molecule has 3 heteroatoms. The second-order valence-electron chi connectivity index (χ2n) is 5.72. The first-order valence-corrected chi connectivity index (χ1v) is 6.49. The molecule has 0 radical (unpaired) electrons. The maximum Gasteiger partial charge on any atom is 0.109 e. The van der Waals surface area contributed by atoms with Crippen LogP contribution in [-0.2, 0) is 19.4 Å². The molecule has 3 unspecified atom stereocenters. The van der Waals surface area contributed by atoms with Crippen molar-refractivity contribution < 1.29 is 0 Å². The van der Waals surface area contributed by atoms with Crippen molar-refractivity contribution in [2.75, 3.05) is 0 Å². The van der Waals surface area contributed by atoms with E-state index in [1.807, 2.05) is 0 Å². The van der Waals surface area contributed by atoms with E-state index in [9.17, 15) is 0 Å². The molecule has 0 bridgehead atoms. The van der Waals surface area contributed by atoms with Gasteiger partial charge in [0.2, 0.25) is 0 Å². The minimum absolute atomic E-state index is 0.331. The average Bonchev–Trinajstić information content (AvgIpc) is 2.54. The van der Waals surface area contributed by atoms with E-state index < -0.39 is 0 Å². The first-order chi connectivity index (χ1) is 7.65. The second-order valence-corrected chi connectivity index (χ2v) is 5.72. The summed E-state index contributed by atoms with van der Waals surface area (Å²) in [5.41, 5.74) is 8.91. The maximum atomic E-state index is 6.07. The zero-order valence-electron chi connectivity index (χ0n) is 10.2. The monoisotopic (exact) mass is 219 g/mol. The van der Waals surface area contributed by atoms with Gasteiger partial charge in [-0.2, -0.15) is 0 Å². The van der Waals surface area contributed by atoms with Gasteiger partial charge in [-0.05, 0) is 31.1 Å². The van der Waals surface area contributed by atoms with Crippen LogP contribution in [0.4, 0.5) is 0 Å². The lowest BCUT2D eigenvalue weighted by atomic mass is 9.84. The molecule has 0 aromatic carbocycles. The third-order valence-electron chi connectivity index (χ3n) is 4.08. The molecule has 3 rings (SSSR count). The van der Waals surface area contributed by atoms with Crippen LogP contribution in [0.2, 0.25) is 0 Å². The molecule has 2 heterocycles. The number of imidazole rings is 1. The van der Waals surface area contributed by atoms with Crippen molar-refractivity contribution in [3.63, 3.8) is 0 Å². The van der Waals surface area contributed by atoms with E-state index >= 15 is 0 Å². The Morgan fingerprint density at radius 1 is 1.38 bits per heavy atom. The highest BCUT2D eigenvalue weighted by Crippen LogP contribution is 2.36. The largest absolute Gasteiger partial charge is 0.330 e. The van der Waals surface area contributed by atoms with Gasteiger partial charge in [0.05, 0.1) is 5.69 Å². The Morgan fingerprint density at radius 2 is 2.19 bits per heavy atom. The summed E-state index contributed by atoms with van der Waals surface area (Å²) in [6.45, 7) is 5.66. The summed E-state index contributed by atoms with van der Waals surface area (Å²) in [7, 11) is 0. The van der Waals surface area contributed by atoms with Gasteiger partial charge >= 0.3 is 0 Å². The highest BCUT2D eigenvalue weighted by molar-refractivity contribution is 5.26. The van der Waals surface area contributed by atoms with Crippen molar-refractivity contribution in [1.29, 1.82) is 0 Å². The summed E-state index contributed by atoms with van der Waals surface area (Å²) in [6.07, 6.45) is 4.62.